The zero-order chi connectivity index (χ0) is 12.4. The molecule has 0 fully saturated rings. The second-order valence-corrected chi connectivity index (χ2v) is 4.59. The fourth-order valence-electron chi connectivity index (χ4n) is 2.31. The first-order valence-corrected chi connectivity index (χ1v) is 6.22. The van der Waals surface area contributed by atoms with Crippen LogP contribution in [-0.4, -0.2) is 4.98 Å². The summed E-state index contributed by atoms with van der Waals surface area (Å²) in [6.45, 7) is 2.18. The minimum atomic E-state index is 0.949. The maximum atomic E-state index is 4.54. The number of aryl methyl sites for hydroxylation is 1. The highest BCUT2D eigenvalue weighted by Gasteiger charge is 2.04. The van der Waals surface area contributed by atoms with Gasteiger partial charge in [-0.25, -0.2) is 0 Å². The van der Waals surface area contributed by atoms with Gasteiger partial charge in [0.1, 0.15) is 0 Å². The van der Waals surface area contributed by atoms with E-state index in [9.17, 15) is 0 Å². The van der Waals surface area contributed by atoms with E-state index in [1.165, 1.54) is 22.1 Å². The predicted molar refractivity (Wildman–Crippen MR) is 75.7 cm³/mol. The molecule has 18 heavy (non-hydrogen) atoms. The monoisotopic (exact) mass is 233 g/mol. The van der Waals surface area contributed by atoms with E-state index in [-0.39, 0.29) is 0 Å². The number of pyridine rings is 1. The highest BCUT2D eigenvalue weighted by atomic mass is 14.7. The summed E-state index contributed by atoms with van der Waals surface area (Å²) in [5, 5.41) is 1.26. The van der Waals surface area contributed by atoms with E-state index in [4.69, 9.17) is 0 Å². The Morgan fingerprint density at radius 1 is 0.889 bits per heavy atom. The molecule has 0 radical (unpaired) electrons. The van der Waals surface area contributed by atoms with Gasteiger partial charge in [0.05, 0.1) is 5.52 Å². The van der Waals surface area contributed by atoms with E-state index in [1.807, 2.05) is 12.3 Å². The van der Waals surface area contributed by atoms with Crippen molar-refractivity contribution in [3.05, 3.63) is 77.5 Å². The summed E-state index contributed by atoms with van der Waals surface area (Å²) in [4.78, 5) is 4.54. The molecule has 0 spiro atoms. The van der Waals surface area contributed by atoms with Gasteiger partial charge < -0.3 is 0 Å². The quantitative estimate of drug-likeness (QED) is 0.648. The number of aromatic nitrogens is 1. The Kier molecular flexibility index (Phi) is 2.81. The van der Waals surface area contributed by atoms with Crippen molar-refractivity contribution in [3.63, 3.8) is 0 Å². The lowest BCUT2D eigenvalue weighted by Crippen LogP contribution is -1.94. The summed E-state index contributed by atoms with van der Waals surface area (Å²) in [6.07, 6.45) is 2.95. The molecule has 0 bridgehead atoms. The standard InChI is InChI=1S/C17H15N/c1-13-15(11-14-7-3-2-4-8-14)12-18-17-10-6-5-9-16(13)17/h2-10,12H,11H2,1H3. The molecule has 0 atom stereocenters. The Morgan fingerprint density at radius 3 is 2.44 bits per heavy atom. The molecule has 0 aliphatic carbocycles. The number of fused-ring (bicyclic) bond motifs is 1. The van der Waals surface area contributed by atoms with Crippen LogP contribution in [0.5, 0.6) is 0 Å². The van der Waals surface area contributed by atoms with Crippen LogP contribution < -0.4 is 0 Å². The molecule has 2 aromatic carbocycles. The molecule has 88 valence electrons. The van der Waals surface area contributed by atoms with Crippen molar-refractivity contribution in [1.29, 1.82) is 0 Å². The molecule has 1 heterocycles. The molecule has 0 N–H and O–H groups in total. The average Bonchev–Trinajstić information content (AvgIpc) is 2.43. The van der Waals surface area contributed by atoms with Crippen LogP contribution in [-0.2, 0) is 6.42 Å². The smallest absolute Gasteiger partial charge is 0.0704 e. The average molecular weight is 233 g/mol. The topological polar surface area (TPSA) is 12.9 Å². The van der Waals surface area contributed by atoms with Gasteiger partial charge in [-0.05, 0) is 36.1 Å². The molecular formula is C17H15N. The first-order chi connectivity index (χ1) is 8.84. The molecule has 3 aromatic rings. The predicted octanol–water partition coefficient (Wildman–Crippen LogP) is 4.13. The Morgan fingerprint density at radius 2 is 1.61 bits per heavy atom. The van der Waals surface area contributed by atoms with E-state index < -0.39 is 0 Å². The zero-order valence-electron chi connectivity index (χ0n) is 10.4. The third-order valence-corrected chi connectivity index (χ3v) is 3.39. The number of benzene rings is 2. The Balaban J connectivity index is 2.05. The minimum absolute atomic E-state index is 0.949. The fraction of sp³-hybridized carbons (Fsp3) is 0.118. The molecule has 0 saturated heterocycles. The number of rotatable bonds is 2. The highest BCUT2D eigenvalue weighted by molar-refractivity contribution is 5.82. The summed E-state index contributed by atoms with van der Waals surface area (Å²) >= 11 is 0. The highest BCUT2D eigenvalue weighted by Crippen LogP contribution is 2.21. The van der Waals surface area contributed by atoms with Gasteiger partial charge in [0.15, 0.2) is 0 Å². The van der Waals surface area contributed by atoms with E-state index in [0.29, 0.717) is 0 Å². The van der Waals surface area contributed by atoms with Crippen molar-refractivity contribution in [2.24, 2.45) is 0 Å². The first-order valence-electron chi connectivity index (χ1n) is 6.22. The Labute approximate surface area is 107 Å². The van der Waals surface area contributed by atoms with Gasteiger partial charge >= 0.3 is 0 Å². The first kappa shape index (κ1) is 11.0. The summed E-state index contributed by atoms with van der Waals surface area (Å²) in [6, 6.07) is 18.9. The molecular weight excluding hydrogens is 218 g/mol. The van der Waals surface area contributed by atoms with Crippen molar-refractivity contribution in [2.45, 2.75) is 13.3 Å². The van der Waals surface area contributed by atoms with Crippen LogP contribution in [0.4, 0.5) is 0 Å². The minimum Gasteiger partial charge on any atom is -0.256 e. The number of nitrogens with zero attached hydrogens (tertiary/aromatic N) is 1. The van der Waals surface area contributed by atoms with Crippen LogP contribution >= 0.6 is 0 Å². The molecule has 1 aromatic heterocycles. The van der Waals surface area contributed by atoms with Crippen LogP contribution in [0.25, 0.3) is 10.9 Å². The molecule has 3 rings (SSSR count). The number of hydrogen-bond donors (Lipinski definition) is 0. The fourth-order valence-corrected chi connectivity index (χ4v) is 2.31. The molecule has 0 unspecified atom stereocenters. The maximum absolute atomic E-state index is 4.54. The number of para-hydroxylation sites is 1. The van der Waals surface area contributed by atoms with Crippen LogP contribution in [0.1, 0.15) is 16.7 Å². The second-order valence-electron chi connectivity index (χ2n) is 4.59. The van der Waals surface area contributed by atoms with Gasteiger partial charge in [-0.1, -0.05) is 48.5 Å². The molecule has 1 nitrogen and oxygen atoms in total. The summed E-state index contributed by atoms with van der Waals surface area (Å²) < 4.78 is 0. The lowest BCUT2D eigenvalue weighted by atomic mass is 9.99. The van der Waals surface area contributed by atoms with E-state index >= 15 is 0 Å². The summed E-state index contributed by atoms with van der Waals surface area (Å²) in [7, 11) is 0. The van der Waals surface area contributed by atoms with Crippen molar-refractivity contribution in [2.75, 3.05) is 0 Å². The van der Waals surface area contributed by atoms with Gasteiger partial charge in [-0.2, -0.15) is 0 Å². The van der Waals surface area contributed by atoms with Crippen LogP contribution in [0.2, 0.25) is 0 Å². The van der Waals surface area contributed by atoms with E-state index in [0.717, 1.165) is 11.9 Å². The van der Waals surface area contributed by atoms with Crippen molar-refractivity contribution >= 4 is 10.9 Å². The molecule has 0 aliphatic heterocycles. The van der Waals surface area contributed by atoms with Crippen LogP contribution in [0.15, 0.2) is 60.8 Å². The normalized spacial score (nSPS) is 10.7. The second kappa shape index (κ2) is 4.61. The lowest BCUT2D eigenvalue weighted by Gasteiger charge is -2.08. The summed E-state index contributed by atoms with van der Waals surface area (Å²) in [5.74, 6) is 0. The molecule has 0 amide bonds. The van der Waals surface area contributed by atoms with E-state index in [1.54, 1.807) is 0 Å². The number of hydrogen-bond acceptors (Lipinski definition) is 1. The molecule has 0 saturated carbocycles. The van der Waals surface area contributed by atoms with Gasteiger partial charge in [-0.3, -0.25) is 4.98 Å². The van der Waals surface area contributed by atoms with Gasteiger partial charge in [0.2, 0.25) is 0 Å². The maximum Gasteiger partial charge on any atom is 0.0704 e. The van der Waals surface area contributed by atoms with E-state index in [2.05, 4.69) is 60.4 Å². The van der Waals surface area contributed by atoms with Crippen LogP contribution in [0.3, 0.4) is 0 Å². The van der Waals surface area contributed by atoms with Gasteiger partial charge in [-0.15, -0.1) is 0 Å². The lowest BCUT2D eigenvalue weighted by molar-refractivity contribution is 1.14. The zero-order valence-corrected chi connectivity index (χ0v) is 10.4. The van der Waals surface area contributed by atoms with Crippen molar-refractivity contribution < 1.29 is 0 Å². The van der Waals surface area contributed by atoms with Crippen molar-refractivity contribution in [1.82, 2.24) is 4.98 Å². The van der Waals surface area contributed by atoms with Crippen LogP contribution in [0, 0.1) is 6.92 Å². The Hall–Kier alpha value is -2.15. The molecule has 0 aliphatic rings. The van der Waals surface area contributed by atoms with Gasteiger partial charge in [0.25, 0.3) is 0 Å². The molecule has 1 heteroatoms. The van der Waals surface area contributed by atoms with Crippen molar-refractivity contribution in [3.8, 4) is 0 Å². The SMILES string of the molecule is Cc1c(Cc2ccccc2)cnc2ccccc12. The Bertz CT molecular complexity index is 672. The largest absolute Gasteiger partial charge is 0.256 e. The third-order valence-electron chi connectivity index (χ3n) is 3.39. The third kappa shape index (κ3) is 2.00. The van der Waals surface area contributed by atoms with Gasteiger partial charge in [0, 0.05) is 11.6 Å². The summed E-state index contributed by atoms with van der Waals surface area (Å²) in [5.41, 5.74) is 5.05.